The van der Waals surface area contributed by atoms with Gasteiger partial charge in [0.15, 0.2) is 17.6 Å². The third-order valence-corrected chi connectivity index (χ3v) is 7.13. The van der Waals surface area contributed by atoms with Gasteiger partial charge in [0.25, 0.3) is 11.8 Å². The summed E-state index contributed by atoms with van der Waals surface area (Å²) in [5.74, 6) is -4.09. The van der Waals surface area contributed by atoms with Crippen LogP contribution in [0.4, 0.5) is 0 Å². The van der Waals surface area contributed by atoms with Crippen LogP contribution in [0.25, 0.3) is 0 Å². The van der Waals surface area contributed by atoms with Crippen LogP contribution in [-0.2, 0) is 33.3 Å². The zero-order chi connectivity index (χ0) is 27.6. The highest BCUT2D eigenvalue weighted by atomic mass is 32.2. The van der Waals surface area contributed by atoms with E-state index < -0.39 is 65.8 Å². The smallest absolute Gasteiger partial charge is 0.303 e. The van der Waals surface area contributed by atoms with Crippen molar-refractivity contribution in [3.05, 3.63) is 65.7 Å². The predicted molar refractivity (Wildman–Crippen MR) is 131 cm³/mol. The molecule has 200 valence electrons. The van der Waals surface area contributed by atoms with Crippen LogP contribution in [0.2, 0.25) is 0 Å². The average molecular weight is 544 g/mol. The Kier molecular flexibility index (Phi) is 7.86. The van der Waals surface area contributed by atoms with E-state index >= 15 is 0 Å². The normalized spacial score (nSPS) is 26.5. The van der Waals surface area contributed by atoms with Gasteiger partial charge < -0.3 is 24.1 Å². The fraction of sp³-hybridized carbons (Fsp3) is 0.346. The first-order chi connectivity index (χ1) is 18.0. The van der Waals surface area contributed by atoms with Crippen LogP contribution in [0.15, 0.2) is 59.5 Å². The molecule has 0 bridgehead atoms. The number of rotatable bonds is 7. The van der Waals surface area contributed by atoms with E-state index in [0.29, 0.717) is 9.80 Å². The molecule has 5 atom stereocenters. The highest BCUT2D eigenvalue weighted by molar-refractivity contribution is 7.99. The summed E-state index contributed by atoms with van der Waals surface area (Å²) in [5.41, 5.74) is -4.07. The molecule has 0 spiro atoms. The standard InChI is InChI=1S/C26H25NO10S/c1-14(28)34-13-20-21(35-15(2)29)22(36-16(3)30)26(33,25(37-20)38-17-9-5-4-6-10-17)27-23(31)18-11-7-8-12-19(18)24(27)32/h4-12,20-22,25,33H,13H2,1-3H3/t20-,21-,22+,25+,26-/m1/s1. The summed E-state index contributed by atoms with van der Waals surface area (Å²) in [5, 5.41) is 12.4. The number of aliphatic hydroxyl groups is 1. The largest absolute Gasteiger partial charge is 0.463 e. The number of imide groups is 1. The molecule has 0 aromatic heterocycles. The quantitative estimate of drug-likeness (QED) is 0.310. The summed E-state index contributed by atoms with van der Waals surface area (Å²) in [4.78, 5) is 64.1. The first-order valence-corrected chi connectivity index (χ1v) is 12.5. The van der Waals surface area contributed by atoms with Gasteiger partial charge >= 0.3 is 17.9 Å². The van der Waals surface area contributed by atoms with E-state index in [2.05, 4.69) is 0 Å². The molecule has 2 aromatic carbocycles. The molecule has 1 saturated heterocycles. The number of fused-ring (bicyclic) bond motifs is 1. The Balaban J connectivity index is 1.88. The summed E-state index contributed by atoms with van der Waals surface area (Å²) in [6.07, 6.45) is -4.59. The average Bonchev–Trinajstić information content (AvgIpc) is 3.12. The van der Waals surface area contributed by atoms with Crippen LogP contribution in [0, 0.1) is 0 Å². The van der Waals surface area contributed by atoms with Gasteiger partial charge in [-0.25, -0.2) is 4.90 Å². The van der Waals surface area contributed by atoms with Crippen molar-refractivity contribution in [3.8, 4) is 0 Å². The number of carbonyl (C=O) groups is 5. The molecule has 2 aromatic rings. The molecule has 4 rings (SSSR count). The number of hydrogen-bond donors (Lipinski definition) is 1. The van der Waals surface area contributed by atoms with Crippen LogP contribution in [0.3, 0.4) is 0 Å². The second kappa shape index (κ2) is 10.9. The Morgan fingerprint density at radius 2 is 1.45 bits per heavy atom. The van der Waals surface area contributed by atoms with E-state index in [-0.39, 0.29) is 11.1 Å². The van der Waals surface area contributed by atoms with E-state index in [9.17, 15) is 29.1 Å². The monoisotopic (exact) mass is 543 g/mol. The molecule has 2 amide bonds. The Labute approximate surface area is 222 Å². The third-order valence-electron chi connectivity index (χ3n) is 5.91. The second-order valence-corrected chi connectivity index (χ2v) is 9.75. The van der Waals surface area contributed by atoms with Crippen molar-refractivity contribution in [1.82, 2.24) is 4.90 Å². The van der Waals surface area contributed by atoms with Gasteiger partial charge in [-0.2, -0.15) is 0 Å². The second-order valence-electron chi connectivity index (χ2n) is 8.62. The summed E-state index contributed by atoms with van der Waals surface area (Å²) in [7, 11) is 0. The molecular weight excluding hydrogens is 518 g/mol. The van der Waals surface area contributed by atoms with Gasteiger partial charge in [-0.3, -0.25) is 24.0 Å². The lowest BCUT2D eigenvalue weighted by molar-refractivity contribution is -0.289. The molecule has 12 heteroatoms. The van der Waals surface area contributed by atoms with Crippen LogP contribution >= 0.6 is 11.8 Å². The number of esters is 3. The molecule has 0 saturated carbocycles. The number of carbonyl (C=O) groups excluding carboxylic acids is 5. The maximum Gasteiger partial charge on any atom is 0.303 e. The van der Waals surface area contributed by atoms with Gasteiger partial charge in [-0.05, 0) is 24.3 Å². The van der Waals surface area contributed by atoms with Gasteiger partial charge in [-0.15, -0.1) is 0 Å². The Bertz CT molecular complexity index is 1230. The van der Waals surface area contributed by atoms with E-state index in [1.165, 1.54) is 19.1 Å². The van der Waals surface area contributed by atoms with Crippen molar-refractivity contribution >= 4 is 41.5 Å². The lowest BCUT2D eigenvalue weighted by Crippen LogP contribution is -2.74. The van der Waals surface area contributed by atoms with Gasteiger partial charge in [0.1, 0.15) is 12.7 Å². The number of nitrogens with zero attached hydrogens (tertiary/aromatic N) is 1. The maximum absolute atomic E-state index is 13.5. The fourth-order valence-corrected chi connectivity index (χ4v) is 5.56. The van der Waals surface area contributed by atoms with E-state index in [0.717, 1.165) is 25.6 Å². The first-order valence-electron chi connectivity index (χ1n) is 11.6. The highest BCUT2D eigenvalue weighted by Gasteiger charge is 2.66. The van der Waals surface area contributed by atoms with Crippen LogP contribution < -0.4 is 0 Å². The van der Waals surface area contributed by atoms with E-state index in [1.807, 2.05) is 0 Å². The molecular formula is C26H25NO10S. The van der Waals surface area contributed by atoms with Crippen molar-refractivity contribution in [2.24, 2.45) is 0 Å². The van der Waals surface area contributed by atoms with E-state index in [1.54, 1.807) is 42.5 Å². The summed E-state index contributed by atoms with van der Waals surface area (Å²) < 4.78 is 22.1. The summed E-state index contributed by atoms with van der Waals surface area (Å²) in [6, 6.07) is 14.6. The number of amides is 2. The minimum absolute atomic E-state index is 0.0297. The fourth-order valence-electron chi connectivity index (χ4n) is 4.39. The molecule has 2 aliphatic rings. The summed E-state index contributed by atoms with van der Waals surface area (Å²) >= 11 is 0.940. The Morgan fingerprint density at radius 3 is 1.97 bits per heavy atom. The van der Waals surface area contributed by atoms with Crippen molar-refractivity contribution in [2.75, 3.05) is 6.61 Å². The molecule has 11 nitrogen and oxygen atoms in total. The van der Waals surface area contributed by atoms with Gasteiger partial charge in [0, 0.05) is 25.7 Å². The number of thioether (sulfide) groups is 1. The van der Waals surface area contributed by atoms with E-state index in [4.69, 9.17) is 18.9 Å². The lowest BCUT2D eigenvalue weighted by atomic mass is 9.92. The lowest BCUT2D eigenvalue weighted by Gasteiger charge is -2.52. The third kappa shape index (κ3) is 5.15. The van der Waals surface area contributed by atoms with Crippen molar-refractivity contribution in [3.63, 3.8) is 0 Å². The number of ether oxygens (including phenoxy) is 4. The zero-order valence-electron chi connectivity index (χ0n) is 20.7. The van der Waals surface area contributed by atoms with Gasteiger partial charge in [-0.1, -0.05) is 42.1 Å². The van der Waals surface area contributed by atoms with Crippen molar-refractivity contribution in [2.45, 2.75) is 55.1 Å². The molecule has 0 radical (unpaired) electrons. The molecule has 2 heterocycles. The number of hydrogen-bond acceptors (Lipinski definition) is 11. The SMILES string of the molecule is CC(=O)OC[C@H]1O[C@@H](Sc2ccccc2)[C@@](O)(N2C(=O)c3ccccc3C2=O)[C@@H](OC(C)=O)[C@@H]1OC(C)=O. The minimum Gasteiger partial charge on any atom is -0.463 e. The molecule has 2 aliphatic heterocycles. The van der Waals surface area contributed by atoms with Crippen LogP contribution in [-0.4, -0.2) is 75.8 Å². The topological polar surface area (TPSA) is 146 Å². The molecule has 38 heavy (non-hydrogen) atoms. The zero-order valence-corrected chi connectivity index (χ0v) is 21.5. The van der Waals surface area contributed by atoms with Crippen LogP contribution in [0.5, 0.6) is 0 Å². The maximum atomic E-state index is 13.5. The minimum atomic E-state index is -2.66. The number of benzene rings is 2. The van der Waals surface area contributed by atoms with Crippen molar-refractivity contribution in [1.29, 1.82) is 0 Å². The summed E-state index contributed by atoms with van der Waals surface area (Å²) in [6.45, 7) is 2.87. The van der Waals surface area contributed by atoms with Gasteiger partial charge in [0.05, 0.1) is 11.1 Å². The van der Waals surface area contributed by atoms with Crippen LogP contribution in [0.1, 0.15) is 41.5 Å². The predicted octanol–water partition coefficient (Wildman–Crippen LogP) is 1.91. The Hall–Kier alpha value is -3.74. The molecule has 1 N–H and O–H groups in total. The molecule has 0 aliphatic carbocycles. The Morgan fingerprint density at radius 1 is 0.895 bits per heavy atom. The highest BCUT2D eigenvalue weighted by Crippen LogP contribution is 2.46. The molecule has 0 unspecified atom stereocenters. The first kappa shape index (κ1) is 27.3. The molecule has 1 fully saturated rings. The van der Waals surface area contributed by atoms with Crippen molar-refractivity contribution < 1.29 is 48.0 Å². The van der Waals surface area contributed by atoms with Gasteiger partial charge in [0.2, 0.25) is 5.72 Å².